The molecule has 0 saturated heterocycles. The fraction of sp³-hybridized carbons (Fsp3) is 0.0769. The lowest BCUT2D eigenvalue weighted by Crippen LogP contribution is -1.86. The summed E-state index contributed by atoms with van der Waals surface area (Å²) in [6, 6.07) is 12.4. The van der Waals surface area contributed by atoms with E-state index in [0.717, 1.165) is 13.4 Å². The Bertz CT molecular complexity index is 512. The molecule has 16 heavy (non-hydrogen) atoms. The maximum absolute atomic E-state index is 3.61. The van der Waals surface area contributed by atoms with Crippen LogP contribution < -0.4 is 0 Å². The van der Waals surface area contributed by atoms with Crippen LogP contribution in [-0.4, -0.2) is 0 Å². The average Bonchev–Trinajstić information content (AvgIpc) is 2.23. The smallest absolute Gasteiger partial charge is 0.0256 e. The molecule has 82 valence electrons. The molecule has 0 N–H and O–H groups in total. The monoisotopic (exact) mass is 402 g/mol. The summed E-state index contributed by atoms with van der Waals surface area (Å²) in [7, 11) is 0. The Kier molecular flexibility index (Phi) is 3.88. The van der Waals surface area contributed by atoms with Gasteiger partial charge < -0.3 is 0 Å². The van der Waals surface area contributed by atoms with E-state index in [-0.39, 0.29) is 0 Å². The molecule has 0 radical (unpaired) electrons. The Labute approximate surface area is 120 Å². The second kappa shape index (κ2) is 5.03. The van der Waals surface area contributed by atoms with Crippen molar-refractivity contribution in [1.29, 1.82) is 0 Å². The van der Waals surface area contributed by atoms with E-state index < -0.39 is 0 Å². The summed E-state index contributed by atoms with van der Waals surface area (Å²) in [5.41, 5.74) is 3.68. The summed E-state index contributed by atoms with van der Waals surface area (Å²) < 4.78 is 3.30. The van der Waals surface area contributed by atoms with Crippen LogP contribution in [0.15, 0.2) is 49.8 Å². The number of hydrogen-bond donors (Lipinski definition) is 0. The van der Waals surface area contributed by atoms with Crippen molar-refractivity contribution >= 4 is 47.8 Å². The highest BCUT2D eigenvalue weighted by molar-refractivity contribution is 9.11. The van der Waals surface area contributed by atoms with Crippen molar-refractivity contribution in [2.24, 2.45) is 0 Å². The van der Waals surface area contributed by atoms with E-state index in [1.165, 1.54) is 16.7 Å². The molecule has 0 atom stereocenters. The molecular weight excluding hydrogens is 396 g/mol. The van der Waals surface area contributed by atoms with E-state index in [0.29, 0.717) is 0 Å². The second-order valence-electron chi connectivity index (χ2n) is 3.56. The van der Waals surface area contributed by atoms with Crippen molar-refractivity contribution < 1.29 is 0 Å². The second-order valence-corrected chi connectivity index (χ2v) is 6.18. The molecule has 0 amide bonds. The first-order valence-electron chi connectivity index (χ1n) is 4.80. The van der Waals surface area contributed by atoms with Crippen LogP contribution in [0.5, 0.6) is 0 Å². The third-order valence-corrected chi connectivity index (χ3v) is 4.27. The zero-order valence-corrected chi connectivity index (χ0v) is 13.4. The van der Waals surface area contributed by atoms with Crippen molar-refractivity contribution in [3.63, 3.8) is 0 Å². The zero-order chi connectivity index (χ0) is 11.7. The van der Waals surface area contributed by atoms with Gasteiger partial charge in [-0.2, -0.15) is 0 Å². The van der Waals surface area contributed by atoms with Crippen molar-refractivity contribution in [3.8, 4) is 11.1 Å². The average molecular weight is 405 g/mol. The Hall–Kier alpha value is -0.120. The number of benzene rings is 2. The van der Waals surface area contributed by atoms with Gasteiger partial charge in [0.15, 0.2) is 0 Å². The van der Waals surface area contributed by atoms with Gasteiger partial charge in [0.25, 0.3) is 0 Å². The van der Waals surface area contributed by atoms with Crippen molar-refractivity contribution in [2.75, 3.05) is 0 Å². The molecule has 0 unspecified atom stereocenters. The van der Waals surface area contributed by atoms with E-state index in [1.54, 1.807) is 0 Å². The molecule has 0 aliphatic heterocycles. The van der Waals surface area contributed by atoms with Gasteiger partial charge in [-0.3, -0.25) is 0 Å². The fourth-order valence-electron chi connectivity index (χ4n) is 1.66. The molecule has 2 rings (SSSR count). The number of aryl methyl sites for hydroxylation is 1. The van der Waals surface area contributed by atoms with Crippen LogP contribution in [0, 0.1) is 6.92 Å². The normalized spacial score (nSPS) is 10.5. The van der Waals surface area contributed by atoms with Crippen LogP contribution >= 0.6 is 47.8 Å². The third kappa shape index (κ3) is 2.41. The van der Waals surface area contributed by atoms with E-state index in [1.807, 2.05) is 6.07 Å². The van der Waals surface area contributed by atoms with Gasteiger partial charge in [-0.1, -0.05) is 59.9 Å². The molecule has 0 saturated carbocycles. The molecule has 2 aromatic rings. The Morgan fingerprint density at radius 3 is 2.31 bits per heavy atom. The van der Waals surface area contributed by atoms with Crippen LogP contribution in [0.4, 0.5) is 0 Å². The van der Waals surface area contributed by atoms with Crippen molar-refractivity contribution in [2.45, 2.75) is 6.92 Å². The van der Waals surface area contributed by atoms with E-state index >= 15 is 0 Å². The van der Waals surface area contributed by atoms with Crippen molar-refractivity contribution in [1.82, 2.24) is 0 Å². The van der Waals surface area contributed by atoms with Crippen LogP contribution in [0.25, 0.3) is 11.1 Å². The first kappa shape index (κ1) is 12.3. The standard InChI is InChI=1S/C13H9Br3/c1-8-3-2-4-12(16)13(8)10-7-9(14)5-6-11(10)15/h2-7H,1H3. The highest BCUT2D eigenvalue weighted by atomic mass is 79.9. The Morgan fingerprint density at radius 1 is 0.875 bits per heavy atom. The molecule has 0 bridgehead atoms. The van der Waals surface area contributed by atoms with E-state index in [9.17, 15) is 0 Å². The molecule has 0 fully saturated rings. The lowest BCUT2D eigenvalue weighted by atomic mass is 10.0. The molecular formula is C13H9Br3. The molecule has 0 aromatic heterocycles. The molecule has 0 heterocycles. The van der Waals surface area contributed by atoms with Gasteiger partial charge >= 0.3 is 0 Å². The lowest BCUT2D eigenvalue weighted by Gasteiger charge is -2.11. The summed E-state index contributed by atoms with van der Waals surface area (Å²) in [5.74, 6) is 0. The minimum absolute atomic E-state index is 1.08. The van der Waals surface area contributed by atoms with Crippen LogP contribution in [0.2, 0.25) is 0 Å². The number of rotatable bonds is 1. The quantitative estimate of drug-likeness (QED) is 0.551. The predicted molar refractivity (Wildman–Crippen MR) is 79.7 cm³/mol. The number of halogens is 3. The summed E-state index contributed by atoms with van der Waals surface area (Å²) in [5, 5.41) is 0. The lowest BCUT2D eigenvalue weighted by molar-refractivity contribution is 1.42. The predicted octanol–water partition coefficient (Wildman–Crippen LogP) is 5.95. The molecule has 0 nitrogen and oxygen atoms in total. The minimum atomic E-state index is 1.08. The molecule has 0 aliphatic carbocycles. The molecule has 0 aliphatic rings. The summed E-state index contributed by atoms with van der Waals surface area (Å²) in [4.78, 5) is 0. The first-order valence-corrected chi connectivity index (χ1v) is 7.18. The Balaban J connectivity index is 2.72. The minimum Gasteiger partial charge on any atom is -0.0608 e. The van der Waals surface area contributed by atoms with Gasteiger partial charge in [-0.25, -0.2) is 0 Å². The van der Waals surface area contributed by atoms with Gasteiger partial charge in [0.05, 0.1) is 0 Å². The van der Waals surface area contributed by atoms with Crippen molar-refractivity contribution in [3.05, 3.63) is 55.4 Å². The highest BCUT2D eigenvalue weighted by Gasteiger charge is 2.09. The largest absolute Gasteiger partial charge is 0.0608 e. The van der Waals surface area contributed by atoms with Crippen LogP contribution in [0.1, 0.15) is 5.56 Å². The SMILES string of the molecule is Cc1cccc(Br)c1-c1cc(Br)ccc1Br. The first-order chi connectivity index (χ1) is 7.59. The van der Waals surface area contributed by atoms with Crippen LogP contribution in [0.3, 0.4) is 0 Å². The number of hydrogen-bond acceptors (Lipinski definition) is 0. The summed E-state index contributed by atoms with van der Waals surface area (Å²) in [6.45, 7) is 2.12. The van der Waals surface area contributed by atoms with Gasteiger partial charge in [-0.05, 0) is 47.9 Å². The molecule has 3 heteroatoms. The summed E-state index contributed by atoms with van der Waals surface area (Å²) >= 11 is 10.7. The fourth-order valence-corrected chi connectivity index (χ4v) is 3.15. The summed E-state index contributed by atoms with van der Waals surface area (Å²) in [6.07, 6.45) is 0. The Morgan fingerprint density at radius 2 is 1.62 bits per heavy atom. The van der Waals surface area contributed by atoms with E-state index in [4.69, 9.17) is 0 Å². The van der Waals surface area contributed by atoms with Gasteiger partial charge in [0.2, 0.25) is 0 Å². The van der Waals surface area contributed by atoms with Crippen LogP contribution in [-0.2, 0) is 0 Å². The van der Waals surface area contributed by atoms with Gasteiger partial charge in [0, 0.05) is 13.4 Å². The highest BCUT2D eigenvalue weighted by Crippen LogP contribution is 2.37. The van der Waals surface area contributed by atoms with Gasteiger partial charge in [0.1, 0.15) is 0 Å². The molecule has 0 spiro atoms. The van der Waals surface area contributed by atoms with Gasteiger partial charge in [-0.15, -0.1) is 0 Å². The zero-order valence-electron chi connectivity index (χ0n) is 8.60. The maximum atomic E-state index is 3.61. The topological polar surface area (TPSA) is 0 Å². The van der Waals surface area contributed by atoms with E-state index in [2.05, 4.69) is 85.0 Å². The maximum Gasteiger partial charge on any atom is 0.0256 e. The third-order valence-electron chi connectivity index (χ3n) is 2.42. The molecule has 2 aromatic carbocycles.